The fourth-order valence-corrected chi connectivity index (χ4v) is 6.81. The smallest absolute Gasteiger partial charge is 0.306 e. The first-order valence-electron chi connectivity index (χ1n) is 25.4. The Morgan fingerprint density at radius 2 is 0.905 bits per heavy atom. The molecule has 0 rings (SSSR count). The minimum Gasteiger partial charge on any atom is -0.545 e. The molecule has 2 unspecified atom stereocenters. The first kappa shape index (κ1) is 60.0. The summed E-state index contributed by atoms with van der Waals surface area (Å²) in [7, 11) is 5.91. The molecule has 0 aliphatic carbocycles. The number of carbonyl (C=O) groups is 3. The Kier molecular flexibility index (Phi) is 43.4. The lowest BCUT2D eigenvalue weighted by molar-refractivity contribution is -0.870. The summed E-state index contributed by atoms with van der Waals surface area (Å²) >= 11 is 0. The van der Waals surface area contributed by atoms with Crippen LogP contribution in [0.3, 0.4) is 0 Å². The lowest BCUT2D eigenvalue weighted by Crippen LogP contribution is -2.44. The van der Waals surface area contributed by atoms with Gasteiger partial charge in [0.2, 0.25) is 0 Å². The number of carbonyl (C=O) groups excluding carboxylic acids is 3. The molecule has 0 aliphatic rings. The SMILES string of the molecule is CC/C=C\C/C=C\C/C=C\CCCCCCCCCC(=O)OC(COC(=O)CCCCCCCCCCC/C=C\C/C=C\CCCCCCC)COC(OCC[N+](C)(C)C)C(=O)[O-]. The zero-order valence-electron chi connectivity index (χ0n) is 41.2. The molecule has 0 saturated heterocycles. The monoisotopic (exact) mass is 886 g/mol. The molecule has 0 aromatic heterocycles. The Balaban J connectivity index is 4.36. The Hall–Kier alpha value is -3.01. The second-order valence-corrected chi connectivity index (χ2v) is 18.1. The van der Waals surface area contributed by atoms with Gasteiger partial charge in [0, 0.05) is 12.8 Å². The maximum Gasteiger partial charge on any atom is 0.306 e. The van der Waals surface area contributed by atoms with E-state index in [9.17, 15) is 19.5 Å². The van der Waals surface area contributed by atoms with Crippen LogP contribution in [0.5, 0.6) is 0 Å². The number of nitrogens with zero attached hydrogens (tertiary/aromatic N) is 1. The third kappa shape index (κ3) is 46.8. The Bertz CT molecular complexity index is 1220. The molecule has 0 fully saturated rings. The van der Waals surface area contributed by atoms with Crippen LogP contribution in [0.1, 0.15) is 206 Å². The standard InChI is InChI=1S/C54H95NO8/c1-6-8-10-12-14-16-18-20-22-24-25-26-27-29-30-32-34-36-38-40-42-44-51(56)61-48-50(49-62-54(53(58)59)60-47-46-55(3,4)5)63-52(57)45-43-41-39-37-35-33-31-28-23-21-19-17-15-13-11-9-7-2/h9,11,15,17-18,20-21,23-25,50,54H,6-8,10,12-14,16,19,22,26-49H2,1-5H3/b11-9-,17-15-,20-18-,23-21-,25-24-. The van der Waals surface area contributed by atoms with Crippen LogP contribution in [0, 0.1) is 0 Å². The Labute approximate surface area is 386 Å². The van der Waals surface area contributed by atoms with Crippen molar-refractivity contribution in [2.24, 2.45) is 0 Å². The summed E-state index contributed by atoms with van der Waals surface area (Å²) in [6.45, 7) is 4.61. The van der Waals surface area contributed by atoms with E-state index in [1.54, 1.807) is 0 Å². The van der Waals surface area contributed by atoms with Crippen molar-refractivity contribution in [2.75, 3.05) is 47.5 Å². The Morgan fingerprint density at radius 1 is 0.492 bits per heavy atom. The number of likely N-dealkylation sites (N-methyl/N-ethyl adjacent to an activating group) is 1. The fourth-order valence-electron chi connectivity index (χ4n) is 6.81. The lowest BCUT2D eigenvalue weighted by Gasteiger charge is -2.26. The number of ether oxygens (including phenoxy) is 4. The number of aliphatic carboxylic acids is 1. The second-order valence-electron chi connectivity index (χ2n) is 18.1. The number of rotatable bonds is 46. The molecule has 0 bridgehead atoms. The maximum atomic E-state index is 12.8. The van der Waals surface area contributed by atoms with Crippen LogP contribution in [0.15, 0.2) is 60.8 Å². The molecule has 0 amide bonds. The van der Waals surface area contributed by atoms with Crippen LogP contribution in [0.4, 0.5) is 0 Å². The molecule has 9 nitrogen and oxygen atoms in total. The molecule has 0 aliphatic heterocycles. The number of unbranched alkanes of at least 4 members (excludes halogenated alkanes) is 21. The van der Waals surface area contributed by atoms with E-state index in [-0.39, 0.29) is 38.6 Å². The third-order valence-corrected chi connectivity index (χ3v) is 10.7. The number of hydrogen-bond donors (Lipinski definition) is 0. The largest absolute Gasteiger partial charge is 0.545 e. The summed E-state index contributed by atoms with van der Waals surface area (Å²) in [6.07, 6.45) is 52.5. The molecule has 0 saturated carbocycles. The molecule has 0 heterocycles. The first-order chi connectivity index (χ1) is 30.6. The van der Waals surface area contributed by atoms with Crippen LogP contribution in [-0.4, -0.2) is 82.3 Å². The van der Waals surface area contributed by atoms with Crippen molar-refractivity contribution in [1.29, 1.82) is 0 Å². The van der Waals surface area contributed by atoms with Crippen molar-refractivity contribution in [3.63, 3.8) is 0 Å². The van der Waals surface area contributed by atoms with E-state index in [0.29, 0.717) is 17.4 Å². The van der Waals surface area contributed by atoms with Crippen molar-refractivity contribution in [3.05, 3.63) is 60.8 Å². The molecule has 0 radical (unpaired) electrons. The predicted molar refractivity (Wildman–Crippen MR) is 260 cm³/mol. The van der Waals surface area contributed by atoms with Gasteiger partial charge in [-0.25, -0.2) is 0 Å². The van der Waals surface area contributed by atoms with Crippen LogP contribution < -0.4 is 5.11 Å². The van der Waals surface area contributed by atoms with Gasteiger partial charge in [0.25, 0.3) is 0 Å². The van der Waals surface area contributed by atoms with E-state index in [1.807, 2.05) is 21.1 Å². The summed E-state index contributed by atoms with van der Waals surface area (Å²) in [5, 5.41) is 11.7. The Morgan fingerprint density at radius 3 is 1.35 bits per heavy atom. The van der Waals surface area contributed by atoms with Crippen LogP contribution in [0.2, 0.25) is 0 Å². The number of carboxylic acid groups (broad SMARTS) is 1. The number of esters is 2. The van der Waals surface area contributed by atoms with Gasteiger partial charge in [0.15, 0.2) is 12.4 Å². The van der Waals surface area contributed by atoms with Gasteiger partial charge in [0.05, 0.1) is 40.3 Å². The molecule has 0 aromatic carbocycles. The molecule has 0 N–H and O–H groups in total. The molecule has 364 valence electrons. The summed E-state index contributed by atoms with van der Waals surface area (Å²) in [6, 6.07) is 0. The van der Waals surface area contributed by atoms with Gasteiger partial charge in [-0.15, -0.1) is 0 Å². The highest BCUT2D eigenvalue weighted by molar-refractivity contribution is 5.70. The van der Waals surface area contributed by atoms with Gasteiger partial charge in [-0.2, -0.15) is 0 Å². The van der Waals surface area contributed by atoms with Gasteiger partial charge in [0.1, 0.15) is 13.2 Å². The normalized spacial score (nSPS) is 13.3. The maximum absolute atomic E-state index is 12.8. The average Bonchev–Trinajstić information content (AvgIpc) is 3.24. The molecule has 0 aromatic rings. The highest BCUT2D eigenvalue weighted by Crippen LogP contribution is 2.14. The molecular formula is C54H95NO8. The van der Waals surface area contributed by atoms with Crippen molar-refractivity contribution < 1.29 is 42.9 Å². The number of hydrogen-bond acceptors (Lipinski definition) is 8. The molecular weight excluding hydrogens is 791 g/mol. The van der Waals surface area contributed by atoms with Crippen molar-refractivity contribution >= 4 is 17.9 Å². The summed E-state index contributed by atoms with van der Waals surface area (Å²) in [5.74, 6) is -2.30. The van der Waals surface area contributed by atoms with E-state index in [4.69, 9.17) is 18.9 Å². The van der Waals surface area contributed by atoms with Crippen molar-refractivity contribution in [1.82, 2.24) is 0 Å². The summed E-state index contributed by atoms with van der Waals surface area (Å²) < 4.78 is 22.6. The topological polar surface area (TPSA) is 111 Å². The van der Waals surface area contributed by atoms with Crippen LogP contribution in [0.25, 0.3) is 0 Å². The fraction of sp³-hybridized carbons (Fsp3) is 0.759. The highest BCUT2D eigenvalue weighted by atomic mass is 16.7. The number of carboxylic acids is 1. The molecule has 0 spiro atoms. The van der Waals surface area contributed by atoms with E-state index in [0.717, 1.165) is 70.6 Å². The quantitative estimate of drug-likeness (QED) is 0.0195. The number of quaternary nitrogens is 1. The zero-order valence-corrected chi connectivity index (χ0v) is 41.2. The average molecular weight is 886 g/mol. The minimum atomic E-state index is -1.63. The van der Waals surface area contributed by atoms with E-state index in [2.05, 4.69) is 74.6 Å². The third-order valence-electron chi connectivity index (χ3n) is 10.7. The molecule has 2 atom stereocenters. The minimum absolute atomic E-state index is 0.143. The lowest BCUT2D eigenvalue weighted by atomic mass is 10.1. The second kappa shape index (κ2) is 45.6. The van der Waals surface area contributed by atoms with E-state index in [1.165, 1.54) is 103 Å². The molecule has 9 heteroatoms. The van der Waals surface area contributed by atoms with Crippen LogP contribution in [-0.2, 0) is 33.3 Å². The van der Waals surface area contributed by atoms with E-state index >= 15 is 0 Å². The first-order valence-corrected chi connectivity index (χ1v) is 25.4. The van der Waals surface area contributed by atoms with Gasteiger partial charge < -0.3 is 33.3 Å². The van der Waals surface area contributed by atoms with E-state index < -0.39 is 24.3 Å². The van der Waals surface area contributed by atoms with Gasteiger partial charge >= 0.3 is 11.9 Å². The van der Waals surface area contributed by atoms with Crippen molar-refractivity contribution in [3.8, 4) is 0 Å². The highest BCUT2D eigenvalue weighted by Gasteiger charge is 2.21. The number of allylic oxidation sites excluding steroid dienone is 10. The van der Waals surface area contributed by atoms with Crippen LogP contribution >= 0.6 is 0 Å². The summed E-state index contributed by atoms with van der Waals surface area (Å²) in [4.78, 5) is 37.1. The summed E-state index contributed by atoms with van der Waals surface area (Å²) in [5.41, 5.74) is 0. The molecule has 63 heavy (non-hydrogen) atoms. The zero-order chi connectivity index (χ0) is 46.3. The van der Waals surface area contributed by atoms with Crippen molar-refractivity contribution in [2.45, 2.75) is 219 Å². The van der Waals surface area contributed by atoms with Gasteiger partial charge in [-0.1, -0.05) is 177 Å². The van der Waals surface area contributed by atoms with Gasteiger partial charge in [-0.05, 0) is 77.0 Å². The predicted octanol–water partition coefficient (Wildman–Crippen LogP) is 12.8. The van der Waals surface area contributed by atoms with Gasteiger partial charge in [-0.3, -0.25) is 9.59 Å².